The highest BCUT2D eigenvalue weighted by Crippen LogP contribution is 2.20. The summed E-state index contributed by atoms with van der Waals surface area (Å²) in [6, 6.07) is 5.01. The van der Waals surface area contributed by atoms with Crippen LogP contribution < -0.4 is 10.9 Å². The minimum Gasteiger partial charge on any atom is -0.383 e. The van der Waals surface area contributed by atoms with Crippen molar-refractivity contribution in [3.63, 3.8) is 0 Å². The van der Waals surface area contributed by atoms with Crippen LogP contribution >= 0.6 is 11.3 Å². The normalized spacial score (nSPS) is 10.8. The van der Waals surface area contributed by atoms with Crippen molar-refractivity contribution in [2.24, 2.45) is 0 Å². The van der Waals surface area contributed by atoms with Crippen molar-refractivity contribution in [1.82, 2.24) is 20.5 Å². The molecule has 0 radical (unpaired) electrons. The van der Waals surface area contributed by atoms with Crippen LogP contribution in [0.2, 0.25) is 0 Å². The molecule has 0 aromatic carbocycles. The molecule has 2 N–H and O–H groups in total. The monoisotopic (exact) mass is 280 g/mol. The molecule has 0 saturated heterocycles. The van der Waals surface area contributed by atoms with E-state index in [0.29, 0.717) is 12.3 Å². The van der Waals surface area contributed by atoms with Gasteiger partial charge in [0, 0.05) is 32.7 Å². The lowest BCUT2D eigenvalue weighted by Gasteiger charge is -2.00. The quantitative estimate of drug-likeness (QED) is 0.729. The molecule has 7 heteroatoms. The average Bonchev–Trinajstić information content (AvgIpc) is 2.87. The van der Waals surface area contributed by atoms with E-state index in [1.165, 1.54) is 17.4 Å². The lowest BCUT2D eigenvalue weighted by molar-refractivity contribution is 0.199. The van der Waals surface area contributed by atoms with E-state index >= 15 is 0 Å². The van der Waals surface area contributed by atoms with Crippen LogP contribution in [0.25, 0.3) is 10.7 Å². The summed E-state index contributed by atoms with van der Waals surface area (Å²) in [6.07, 6.45) is 0.818. The highest BCUT2D eigenvalue weighted by atomic mass is 32.1. The van der Waals surface area contributed by atoms with Gasteiger partial charge in [-0.05, 0) is 6.07 Å². The van der Waals surface area contributed by atoms with Gasteiger partial charge in [-0.15, -0.1) is 10.2 Å². The highest BCUT2D eigenvalue weighted by Gasteiger charge is 2.06. The molecule has 0 aliphatic heterocycles. The number of aromatic nitrogens is 3. The molecule has 0 spiro atoms. The fourth-order valence-corrected chi connectivity index (χ4v) is 2.35. The third-order valence-electron chi connectivity index (χ3n) is 2.46. The van der Waals surface area contributed by atoms with Crippen molar-refractivity contribution < 1.29 is 4.74 Å². The van der Waals surface area contributed by atoms with Gasteiger partial charge in [0.15, 0.2) is 5.01 Å². The number of methoxy groups -OCH3 is 1. The Hall–Kier alpha value is -1.57. The molecule has 19 heavy (non-hydrogen) atoms. The predicted molar refractivity (Wildman–Crippen MR) is 74.4 cm³/mol. The Labute approximate surface area is 114 Å². The van der Waals surface area contributed by atoms with E-state index in [1.54, 1.807) is 13.2 Å². The second-order valence-corrected chi connectivity index (χ2v) is 4.98. The van der Waals surface area contributed by atoms with E-state index in [1.807, 2.05) is 6.07 Å². The summed E-state index contributed by atoms with van der Waals surface area (Å²) < 4.78 is 4.95. The van der Waals surface area contributed by atoms with Gasteiger partial charge in [0.1, 0.15) is 5.01 Å². The second kappa shape index (κ2) is 7.13. The minimum atomic E-state index is -0.129. The molecule has 0 amide bonds. The molecule has 102 valence electrons. The molecule has 2 aromatic rings. The molecule has 6 nitrogen and oxygen atoms in total. The number of H-pyrrole nitrogens is 1. The molecule has 2 aromatic heterocycles. The van der Waals surface area contributed by atoms with Crippen molar-refractivity contribution in [3.05, 3.63) is 33.6 Å². The van der Waals surface area contributed by atoms with Crippen molar-refractivity contribution in [2.45, 2.75) is 6.42 Å². The molecular formula is C12H16N4O2S. The number of pyridine rings is 1. The fraction of sp³-hybridized carbons (Fsp3) is 0.417. The maximum absolute atomic E-state index is 11.2. The summed E-state index contributed by atoms with van der Waals surface area (Å²) in [5.41, 5.74) is 0.582. The number of nitrogens with one attached hydrogen (secondary N) is 2. The minimum absolute atomic E-state index is 0.129. The average molecular weight is 280 g/mol. The van der Waals surface area contributed by atoms with E-state index < -0.39 is 0 Å². The zero-order chi connectivity index (χ0) is 13.5. The second-order valence-electron chi connectivity index (χ2n) is 3.92. The van der Waals surface area contributed by atoms with Gasteiger partial charge >= 0.3 is 0 Å². The zero-order valence-electron chi connectivity index (χ0n) is 10.7. The molecule has 0 aliphatic carbocycles. The van der Waals surface area contributed by atoms with Gasteiger partial charge in [-0.3, -0.25) is 4.79 Å². The Morgan fingerprint density at radius 2 is 2.26 bits per heavy atom. The molecule has 0 bridgehead atoms. The number of nitrogens with zero attached hydrogens (tertiary/aromatic N) is 2. The van der Waals surface area contributed by atoms with Crippen LogP contribution in [0, 0.1) is 0 Å². The van der Waals surface area contributed by atoms with E-state index in [4.69, 9.17) is 4.74 Å². The van der Waals surface area contributed by atoms with Gasteiger partial charge in [0.25, 0.3) is 0 Å². The topological polar surface area (TPSA) is 79.9 Å². The molecular weight excluding hydrogens is 264 g/mol. The first kappa shape index (κ1) is 13.9. The molecule has 2 heterocycles. The van der Waals surface area contributed by atoms with Crippen LogP contribution in [0.1, 0.15) is 5.01 Å². The van der Waals surface area contributed by atoms with E-state index in [-0.39, 0.29) is 5.56 Å². The van der Waals surface area contributed by atoms with Gasteiger partial charge < -0.3 is 15.0 Å². The van der Waals surface area contributed by atoms with Crippen molar-refractivity contribution >= 4 is 11.3 Å². The largest absolute Gasteiger partial charge is 0.383 e. The Balaban J connectivity index is 1.90. The summed E-state index contributed by atoms with van der Waals surface area (Å²) in [4.78, 5) is 14.0. The SMILES string of the molecule is COCCNCCc1nnc(-c2cccc(=O)[nH]2)s1. The number of aromatic amines is 1. The van der Waals surface area contributed by atoms with Crippen LogP contribution in [0.5, 0.6) is 0 Å². The van der Waals surface area contributed by atoms with Crippen molar-refractivity contribution in [1.29, 1.82) is 0 Å². The van der Waals surface area contributed by atoms with Gasteiger partial charge in [-0.25, -0.2) is 0 Å². The van der Waals surface area contributed by atoms with Crippen LogP contribution in [-0.4, -0.2) is 42.0 Å². The summed E-state index contributed by atoms with van der Waals surface area (Å²) in [7, 11) is 1.68. The van der Waals surface area contributed by atoms with Crippen LogP contribution in [-0.2, 0) is 11.2 Å². The molecule has 0 fully saturated rings. The summed E-state index contributed by atoms with van der Waals surface area (Å²) >= 11 is 1.49. The number of rotatable bonds is 7. The summed E-state index contributed by atoms with van der Waals surface area (Å²) in [5.74, 6) is 0. The Morgan fingerprint density at radius 3 is 3.05 bits per heavy atom. The third-order valence-corrected chi connectivity index (χ3v) is 3.48. The highest BCUT2D eigenvalue weighted by molar-refractivity contribution is 7.14. The standard InChI is InChI=1S/C12H16N4O2S/c1-18-8-7-13-6-5-11-15-16-12(19-11)9-3-2-4-10(17)14-9/h2-4,13H,5-8H2,1H3,(H,14,17). The van der Waals surface area contributed by atoms with Crippen LogP contribution in [0.4, 0.5) is 0 Å². The lowest BCUT2D eigenvalue weighted by atomic mass is 10.4. The Bertz CT molecular complexity index is 567. The van der Waals surface area contributed by atoms with Gasteiger partial charge in [0.2, 0.25) is 5.56 Å². The van der Waals surface area contributed by atoms with E-state index in [9.17, 15) is 4.79 Å². The van der Waals surface area contributed by atoms with E-state index in [2.05, 4.69) is 20.5 Å². The molecule has 2 rings (SSSR count). The molecule has 0 atom stereocenters. The maximum atomic E-state index is 11.2. The van der Waals surface area contributed by atoms with Gasteiger partial charge in [0.05, 0.1) is 12.3 Å². The summed E-state index contributed by atoms with van der Waals surface area (Å²) in [6.45, 7) is 2.37. The van der Waals surface area contributed by atoms with Crippen molar-refractivity contribution in [2.75, 3.05) is 26.8 Å². The van der Waals surface area contributed by atoms with Crippen LogP contribution in [0.15, 0.2) is 23.0 Å². The van der Waals surface area contributed by atoms with Crippen molar-refractivity contribution in [3.8, 4) is 10.7 Å². The Kier molecular flexibility index (Phi) is 5.20. The molecule has 0 aliphatic rings. The predicted octanol–water partition coefficient (Wildman–Crippen LogP) is 0.672. The first-order valence-corrected chi connectivity index (χ1v) is 6.83. The van der Waals surface area contributed by atoms with Crippen LogP contribution in [0.3, 0.4) is 0 Å². The molecule has 0 saturated carbocycles. The zero-order valence-corrected chi connectivity index (χ0v) is 11.5. The fourth-order valence-electron chi connectivity index (χ4n) is 1.53. The molecule has 0 unspecified atom stereocenters. The lowest BCUT2D eigenvalue weighted by Crippen LogP contribution is -2.21. The first-order valence-electron chi connectivity index (χ1n) is 6.01. The first-order chi connectivity index (χ1) is 9.29. The number of hydrogen-bond donors (Lipinski definition) is 2. The maximum Gasteiger partial charge on any atom is 0.248 e. The van der Waals surface area contributed by atoms with Gasteiger partial charge in [-0.2, -0.15) is 0 Å². The Morgan fingerprint density at radius 1 is 1.37 bits per heavy atom. The number of ether oxygens (including phenoxy) is 1. The summed E-state index contributed by atoms with van der Waals surface area (Å²) in [5, 5.41) is 13.1. The third kappa shape index (κ3) is 4.23. The van der Waals surface area contributed by atoms with E-state index in [0.717, 1.165) is 29.5 Å². The van der Waals surface area contributed by atoms with Gasteiger partial charge in [-0.1, -0.05) is 17.4 Å². The smallest absolute Gasteiger partial charge is 0.248 e. The number of hydrogen-bond acceptors (Lipinski definition) is 6.